The molecule has 1 heterocycles. The van der Waals surface area contributed by atoms with Crippen molar-refractivity contribution in [1.82, 2.24) is 5.32 Å². The van der Waals surface area contributed by atoms with E-state index < -0.39 is 0 Å². The zero-order valence-corrected chi connectivity index (χ0v) is 16.5. The second-order valence-corrected chi connectivity index (χ2v) is 7.21. The number of ether oxygens (including phenoxy) is 2. The van der Waals surface area contributed by atoms with E-state index in [-0.39, 0.29) is 11.4 Å². The van der Waals surface area contributed by atoms with Gasteiger partial charge in [-0.3, -0.25) is 0 Å². The molecule has 2 N–H and O–H groups in total. The lowest BCUT2D eigenvalue weighted by atomic mass is 9.73. The van der Waals surface area contributed by atoms with Crippen LogP contribution >= 0.6 is 11.6 Å². The van der Waals surface area contributed by atoms with E-state index in [9.17, 15) is 4.79 Å². The summed E-state index contributed by atoms with van der Waals surface area (Å²) in [5, 5.41) is 6.46. The van der Waals surface area contributed by atoms with E-state index >= 15 is 0 Å². The van der Waals surface area contributed by atoms with Crippen molar-refractivity contribution in [3.63, 3.8) is 0 Å². The molecule has 2 aromatic rings. The molecule has 0 bridgehead atoms. The number of amides is 2. The topological polar surface area (TPSA) is 59.6 Å². The number of methoxy groups -OCH3 is 1. The molecule has 3 rings (SSSR count). The minimum atomic E-state index is -0.313. The minimum absolute atomic E-state index is 0.291. The highest BCUT2D eigenvalue weighted by Crippen LogP contribution is 2.40. The summed E-state index contributed by atoms with van der Waals surface area (Å²) < 4.78 is 11.1. The first-order valence-corrected chi connectivity index (χ1v) is 9.47. The molecule has 2 amide bonds. The van der Waals surface area contributed by atoms with Gasteiger partial charge in [0.15, 0.2) is 0 Å². The van der Waals surface area contributed by atoms with Gasteiger partial charge in [-0.1, -0.05) is 23.6 Å². The Morgan fingerprint density at radius 1 is 1.29 bits per heavy atom. The predicted molar refractivity (Wildman–Crippen MR) is 111 cm³/mol. The number of benzene rings is 2. The number of nitrogens with one attached hydrogen (secondary N) is 2. The van der Waals surface area contributed by atoms with Gasteiger partial charge in [0.25, 0.3) is 0 Å². The molecule has 146 valence electrons. The van der Waals surface area contributed by atoms with Crippen LogP contribution in [0.5, 0.6) is 5.75 Å². The Morgan fingerprint density at radius 2 is 2.07 bits per heavy atom. The van der Waals surface area contributed by atoms with E-state index in [0.717, 1.165) is 24.2 Å². The van der Waals surface area contributed by atoms with Gasteiger partial charge in [-0.05, 0) is 49.2 Å². The second kappa shape index (κ2) is 9.01. The lowest BCUT2D eigenvalue weighted by Gasteiger charge is -2.38. The monoisotopic (exact) mass is 398 g/mol. The molecule has 0 aliphatic carbocycles. The highest BCUT2D eigenvalue weighted by Gasteiger charge is 2.37. The van der Waals surface area contributed by atoms with Crippen molar-refractivity contribution in [3.05, 3.63) is 58.6 Å². The number of anilines is 1. The molecule has 0 aromatic heterocycles. The Hall–Kier alpha value is -2.68. The predicted octanol–water partition coefficient (Wildman–Crippen LogP) is 4.20. The molecular formula is C22H23ClN2O3. The fourth-order valence-corrected chi connectivity index (χ4v) is 3.68. The molecule has 28 heavy (non-hydrogen) atoms. The number of halogens is 1. The summed E-state index contributed by atoms with van der Waals surface area (Å²) in [5.41, 5.74) is 2.03. The number of urea groups is 1. The van der Waals surface area contributed by atoms with Gasteiger partial charge in [0.1, 0.15) is 5.75 Å². The highest BCUT2D eigenvalue weighted by atomic mass is 35.5. The minimum Gasteiger partial charge on any atom is -0.496 e. The van der Waals surface area contributed by atoms with Crippen molar-refractivity contribution in [2.45, 2.75) is 18.3 Å². The van der Waals surface area contributed by atoms with Gasteiger partial charge in [-0.2, -0.15) is 0 Å². The van der Waals surface area contributed by atoms with E-state index in [1.165, 1.54) is 0 Å². The molecule has 1 fully saturated rings. The maximum atomic E-state index is 12.5. The Labute approximate surface area is 170 Å². The van der Waals surface area contributed by atoms with Crippen LogP contribution in [-0.2, 0) is 10.2 Å². The molecular weight excluding hydrogens is 376 g/mol. The summed E-state index contributed by atoms with van der Waals surface area (Å²) in [6.07, 6.45) is 6.94. The maximum Gasteiger partial charge on any atom is 0.319 e. The third-order valence-electron chi connectivity index (χ3n) is 5.06. The van der Waals surface area contributed by atoms with Crippen molar-refractivity contribution in [2.75, 3.05) is 32.2 Å². The fourth-order valence-electron chi connectivity index (χ4n) is 3.51. The second-order valence-electron chi connectivity index (χ2n) is 6.77. The standard InChI is InChI=1S/C22H23ClN2O3/c1-3-16-5-4-6-18(13-16)25-21(26)24-15-22(9-11-28-12-10-22)19-14-17(23)7-8-20(19)27-2/h1,4-8,13-14H,9-12,15H2,2H3,(H2,24,25,26). The van der Waals surface area contributed by atoms with Crippen LogP contribution in [0.1, 0.15) is 24.0 Å². The van der Waals surface area contributed by atoms with Crippen LogP contribution in [0, 0.1) is 12.3 Å². The van der Waals surface area contributed by atoms with Crippen molar-refractivity contribution < 1.29 is 14.3 Å². The average Bonchev–Trinajstić information content (AvgIpc) is 2.73. The molecule has 1 aliphatic rings. The van der Waals surface area contributed by atoms with Crippen molar-refractivity contribution in [1.29, 1.82) is 0 Å². The van der Waals surface area contributed by atoms with Crippen molar-refractivity contribution in [3.8, 4) is 18.1 Å². The van der Waals surface area contributed by atoms with E-state index in [2.05, 4.69) is 16.6 Å². The number of terminal acetylenes is 1. The van der Waals surface area contributed by atoms with Gasteiger partial charge in [0.2, 0.25) is 0 Å². The quantitative estimate of drug-likeness (QED) is 0.742. The molecule has 0 saturated carbocycles. The molecule has 2 aromatic carbocycles. The van der Waals surface area contributed by atoms with E-state index in [1.54, 1.807) is 25.3 Å². The summed E-state index contributed by atoms with van der Waals surface area (Å²) >= 11 is 6.25. The molecule has 1 aliphatic heterocycles. The summed E-state index contributed by atoms with van der Waals surface area (Å²) in [7, 11) is 1.64. The Bertz CT molecular complexity index is 886. The normalized spacial score (nSPS) is 15.3. The summed E-state index contributed by atoms with van der Waals surface area (Å²) in [6, 6.07) is 12.5. The van der Waals surface area contributed by atoms with Crippen LogP contribution in [0.2, 0.25) is 5.02 Å². The van der Waals surface area contributed by atoms with E-state index in [1.807, 2.05) is 24.3 Å². The lowest BCUT2D eigenvalue weighted by Crippen LogP contribution is -2.45. The first-order valence-electron chi connectivity index (χ1n) is 9.10. The van der Waals surface area contributed by atoms with Crippen LogP contribution in [-0.4, -0.2) is 32.9 Å². The number of hydrogen-bond donors (Lipinski definition) is 2. The van der Waals surface area contributed by atoms with Crippen molar-refractivity contribution in [2.24, 2.45) is 0 Å². The average molecular weight is 399 g/mol. The largest absolute Gasteiger partial charge is 0.496 e. The molecule has 0 spiro atoms. The summed E-state index contributed by atoms with van der Waals surface area (Å²) in [6.45, 7) is 1.67. The van der Waals surface area contributed by atoms with Gasteiger partial charge in [0, 0.05) is 47.0 Å². The van der Waals surface area contributed by atoms with Crippen LogP contribution in [0.4, 0.5) is 10.5 Å². The van der Waals surface area contributed by atoms with Crippen LogP contribution in [0.15, 0.2) is 42.5 Å². The van der Waals surface area contributed by atoms with E-state index in [0.29, 0.717) is 36.0 Å². The zero-order valence-electron chi connectivity index (χ0n) is 15.8. The third-order valence-corrected chi connectivity index (χ3v) is 5.29. The van der Waals surface area contributed by atoms with E-state index in [4.69, 9.17) is 27.5 Å². The van der Waals surface area contributed by atoms with Crippen molar-refractivity contribution >= 4 is 23.3 Å². The zero-order chi connectivity index (χ0) is 20.0. The number of hydrogen-bond acceptors (Lipinski definition) is 3. The number of carbonyl (C=O) groups is 1. The lowest BCUT2D eigenvalue weighted by molar-refractivity contribution is 0.0500. The molecule has 1 saturated heterocycles. The Balaban J connectivity index is 1.77. The molecule has 0 radical (unpaired) electrons. The molecule has 0 atom stereocenters. The van der Waals surface area contributed by atoms with Gasteiger partial charge in [0.05, 0.1) is 7.11 Å². The summed E-state index contributed by atoms with van der Waals surface area (Å²) in [4.78, 5) is 12.5. The van der Waals surface area contributed by atoms with Crippen LogP contribution < -0.4 is 15.4 Å². The molecule has 0 unspecified atom stereocenters. The summed E-state index contributed by atoms with van der Waals surface area (Å²) in [5.74, 6) is 3.32. The number of carbonyl (C=O) groups excluding carboxylic acids is 1. The Morgan fingerprint density at radius 3 is 2.79 bits per heavy atom. The van der Waals surface area contributed by atoms with Gasteiger partial charge >= 0.3 is 6.03 Å². The van der Waals surface area contributed by atoms with Gasteiger partial charge < -0.3 is 20.1 Å². The SMILES string of the molecule is C#Cc1cccc(NC(=O)NCC2(c3cc(Cl)ccc3OC)CCOCC2)c1. The fraction of sp³-hybridized carbons (Fsp3) is 0.318. The number of rotatable bonds is 5. The molecule has 6 heteroatoms. The van der Waals surface area contributed by atoms with Crippen LogP contribution in [0.3, 0.4) is 0 Å². The third kappa shape index (κ3) is 4.59. The smallest absolute Gasteiger partial charge is 0.319 e. The first-order chi connectivity index (χ1) is 13.6. The Kier molecular flexibility index (Phi) is 6.45. The van der Waals surface area contributed by atoms with Gasteiger partial charge in [-0.15, -0.1) is 6.42 Å². The first kappa shape index (κ1) is 20.1. The van der Waals surface area contributed by atoms with Crippen LogP contribution in [0.25, 0.3) is 0 Å². The molecule has 5 nitrogen and oxygen atoms in total. The highest BCUT2D eigenvalue weighted by molar-refractivity contribution is 6.30. The maximum absolute atomic E-state index is 12.5. The van der Waals surface area contributed by atoms with Gasteiger partial charge in [-0.25, -0.2) is 4.79 Å².